The van der Waals surface area contributed by atoms with Gasteiger partial charge in [-0.2, -0.15) is 0 Å². The maximum Gasteiger partial charge on any atom is 0.345 e. The molecule has 0 radical (unpaired) electrons. The third-order valence-electron chi connectivity index (χ3n) is 2.60. The Morgan fingerprint density at radius 3 is 2.45 bits per heavy atom. The quantitative estimate of drug-likeness (QED) is 0.490. The summed E-state index contributed by atoms with van der Waals surface area (Å²) >= 11 is 5.74. The molecule has 0 aliphatic rings. The van der Waals surface area contributed by atoms with E-state index in [4.69, 9.17) is 16.3 Å². The van der Waals surface area contributed by atoms with Crippen LogP contribution in [-0.4, -0.2) is 10.9 Å². The molecule has 0 amide bonds. The van der Waals surface area contributed by atoms with Crippen molar-refractivity contribution in [2.45, 2.75) is 6.61 Å². The van der Waals surface area contributed by atoms with E-state index in [1.54, 1.807) is 30.3 Å². The van der Waals surface area contributed by atoms with Gasteiger partial charge in [-0.15, -0.1) is 0 Å². The predicted molar refractivity (Wildman–Crippen MR) is 73.7 cm³/mol. The predicted octanol–water partition coefficient (Wildman–Crippen LogP) is 3.61. The van der Waals surface area contributed by atoms with E-state index in [1.165, 1.54) is 18.2 Å². The number of ether oxygens (including phenoxy) is 1. The minimum Gasteiger partial charge on any atom is -0.457 e. The summed E-state index contributed by atoms with van der Waals surface area (Å²) in [5.41, 5.74) is 0.418. The Labute approximate surface area is 119 Å². The molecular weight excluding hydrogens is 282 g/mol. The van der Waals surface area contributed by atoms with Crippen molar-refractivity contribution in [3.05, 3.63) is 74.8 Å². The molecule has 0 N–H and O–H groups in total. The van der Waals surface area contributed by atoms with Crippen LogP contribution in [0.4, 0.5) is 5.69 Å². The van der Waals surface area contributed by atoms with Crippen molar-refractivity contribution < 1.29 is 14.5 Å². The second kappa shape index (κ2) is 6.16. The Balaban J connectivity index is 2.09. The molecule has 5 nitrogen and oxygen atoms in total. The molecule has 0 saturated heterocycles. The number of halogens is 1. The summed E-state index contributed by atoms with van der Waals surface area (Å²) in [6.45, 7) is 0.0298. The molecule has 2 aromatic rings. The first-order valence-corrected chi connectivity index (χ1v) is 6.10. The van der Waals surface area contributed by atoms with Crippen molar-refractivity contribution in [1.29, 1.82) is 0 Å². The van der Waals surface area contributed by atoms with Gasteiger partial charge < -0.3 is 4.74 Å². The number of carbonyl (C=O) groups excluding carboxylic acids is 1. The van der Waals surface area contributed by atoms with E-state index < -0.39 is 10.9 Å². The van der Waals surface area contributed by atoms with Crippen LogP contribution in [0.1, 0.15) is 15.9 Å². The van der Waals surface area contributed by atoms with Crippen molar-refractivity contribution in [2.75, 3.05) is 0 Å². The highest BCUT2D eigenvalue weighted by Gasteiger charge is 2.20. The molecule has 6 heteroatoms. The molecule has 20 heavy (non-hydrogen) atoms. The van der Waals surface area contributed by atoms with Gasteiger partial charge in [-0.25, -0.2) is 4.79 Å². The summed E-state index contributed by atoms with van der Waals surface area (Å²) < 4.78 is 5.06. The van der Waals surface area contributed by atoms with Crippen LogP contribution in [0.25, 0.3) is 0 Å². The average molecular weight is 292 g/mol. The molecule has 0 atom stereocenters. The molecule has 0 aromatic heterocycles. The van der Waals surface area contributed by atoms with Gasteiger partial charge >= 0.3 is 5.97 Å². The monoisotopic (exact) mass is 291 g/mol. The van der Waals surface area contributed by atoms with Crippen LogP contribution in [0.3, 0.4) is 0 Å². The maximum atomic E-state index is 11.9. The van der Waals surface area contributed by atoms with Gasteiger partial charge in [0, 0.05) is 11.1 Å². The summed E-state index contributed by atoms with van der Waals surface area (Å²) in [6.07, 6.45) is 0. The van der Waals surface area contributed by atoms with Gasteiger partial charge in [0.15, 0.2) is 0 Å². The highest BCUT2D eigenvalue weighted by atomic mass is 35.5. The fourth-order valence-corrected chi connectivity index (χ4v) is 1.74. The lowest BCUT2D eigenvalue weighted by molar-refractivity contribution is -0.385. The zero-order chi connectivity index (χ0) is 14.5. The lowest BCUT2D eigenvalue weighted by Gasteiger charge is -2.05. The Morgan fingerprint density at radius 1 is 1.15 bits per heavy atom. The van der Waals surface area contributed by atoms with Gasteiger partial charge in [-0.05, 0) is 23.8 Å². The van der Waals surface area contributed by atoms with Crippen molar-refractivity contribution in [3.63, 3.8) is 0 Å². The number of para-hydroxylation sites is 1. The first kappa shape index (κ1) is 14.0. The molecular formula is C14H10ClNO4. The van der Waals surface area contributed by atoms with Gasteiger partial charge in [0.05, 0.1) is 4.92 Å². The smallest absolute Gasteiger partial charge is 0.345 e. The molecule has 102 valence electrons. The zero-order valence-electron chi connectivity index (χ0n) is 10.3. The number of esters is 1. The van der Waals surface area contributed by atoms with Gasteiger partial charge in [0.2, 0.25) is 0 Å². The van der Waals surface area contributed by atoms with E-state index >= 15 is 0 Å². The van der Waals surface area contributed by atoms with E-state index in [1.807, 2.05) is 0 Å². The summed E-state index contributed by atoms with van der Waals surface area (Å²) in [7, 11) is 0. The lowest BCUT2D eigenvalue weighted by Crippen LogP contribution is -2.08. The van der Waals surface area contributed by atoms with Crippen molar-refractivity contribution >= 4 is 23.3 Å². The third-order valence-corrected chi connectivity index (χ3v) is 2.86. The van der Waals surface area contributed by atoms with E-state index in [0.717, 1.165) is 5.56 Å². The van der Waals surface area contributed by atoms with Gasteiger partial charge in [-0.3, -0.25) is 10.1 Å². The highest BCUT2D eigenvalue weighted by molar-refractivity contribution is 6.30. The van der Waals surface area contributed by atoms with Gasteiger partial charge in [0.25, 0.3) is 5.69 Å². The number of nitro benzene ring substituents is 1. The van der Waals surface area contributed by atoms with Gasteiger partial charge in [-0.1, -0.05) is 35.9 Å². The topological polar surface area (TPSA) is 69.4 Å². The third kappa shape index (κ3) is 3.33. The number of hydrogen-bond acceptors (Lipinski definition) is 4. The molecule has 0 saturated carbocycles. The molecule has 0 fully saturated rings. The molecule has 2 rings (SSSR count). The van der Waals surface area contributed by atoms with E-state index in [2.05, 4.69) is 0 Å². The second-order valence-corrected chi connectivity index (χ2v) is 4.41. The molecule has 0 heterocycles. The fourth-order valence-electron chi connectivity index (χ4n) is 1.61. The number of carbonyl (C=O) groups is 1. The first-order chi connectivity index (χ1) is 9.58. The van der Waals surface area contributed by atoms with Crippen LogP contribution in [0.15, 0.2) is 48.5 Å². The number of benzene rings is 2. The molecule has 0 aliphatic heterocycles. The van der Waals surface area contributed by atoms with Crippen LogP contribution in [0.5, 0.6) is 0 Å². The van der Waals surface area contributed by atoms with Crippen LogP contribution < -0.4 is 0 Å². The highest BCUT2D eigenvalue weighted by Crippen LogP contribution is 2.19. The number of rotatable bonds is 4. The summed E-state index contributed by atoms with van der Waals surface area (Å²) in [5, 5.41) is 11.4. The molecule has 0 spiro atoms. The van der Waals surface area contributed by atoms with Crippen LogP contribution in [0.2, 0.25) is 5.02 Å². The Morgan fingerprint density at radius 2 is 1.80 bits per heavy atom. The number of nitro groups is 1. The SMILES string of the molecule is O=C(OCc1ccc(Cl)cc1)c1ccccc1[N+](=O)[O-]. The van der Waals surface area contributed by atoms with Crippen molar-refractivity contribution in [1.82, 2.24) is 0 Å². The summed E-state index contributed by atoms with van der Waals surface area (Å²) in [6, 6.07) is 12.5. The second-order valence-electron chi connectivity index (χ2n) is 3.98. The molecule has 0 aliphatic carbocycles. The Bertz CT molecular complexity index is 640. The van der Waals surface area contributed by atoms with Gasteiger partial charge in [0.1, 0.15) is 12.2 Å². The van der Waals surface area contributed by atoms with E-state index in [-0.39, 0.29) is 17.9 Å². The zero-order valence-corrected chi connectivity index (χ0v) is 11.0. The van der Waals surface area contributed by atoms with Crippen molar-refractivity contribution in [3.8, 4) is 0 Å². The number of nitrogens with zero attached hydrogens (tertiary/aromatic N) is 1. The number of hydrogen-bond donors (Lipinski definition) is 0. The summed E-state index contributed by atoms with van der Waals surface area (Å²) in [4.78, 5) is 22.1. The minimum absolute atomic E-state index is 0.0298. The van der Waals surface area contributed by atoms with E-state index in [9.17, 15) is 14.9 Å². The summed E-state index contributed by atoms with van der Waals surface area (Å²) in [5.74, 6) is -0.729. The average Bonchev–Trinajstić information content (AvgIpc) is 2.46. The van der Waals surface area contributed by atoms with E-state index in [0.29, 0.717) is 5.02 Å². The first-order valence-electron chi connectivity index (χ1n) is 5.73. The Hall–Kier alpha value is -2.40. The van der Waals surface area contributed by atoms with Crippen LogP contribution >= 0.6 is 11.6 Å². The normalized spacial score (nSPS) is 10.1. The lowest BCUT2D eigenvalue weighted by atomic mass is 10.2. The molecule has 0 unspecified atom stereocenters. The standard InChI is InChI=1S/C14H10ClNO4/c15-11-7-5-10(6-8-11)9-20-14(17)12-3-1-2-4-13(12)16(18)19/h1-8H,9H2. The maximum absolute atomic E-state index is 11.9. The Kier molecular flexibility index (Phi) is 4.32. The largest absolute Gasteiger partial charge is 0.457 e. The van der Waals surface area contributed by atoms with Crippen LogP contribution in [0, 0.1) is 10.1 Å². The van der Waals surface area contributed by atoms with Crippen molar-refractivity contribution in [2.24, 2.45) is 0 Å². The van der Waals surface area contributed by atoms with Crippen LogP contribution in [-0.2, 0) is 11.3 Å². The molecule has 0 bridgehead atoms. The minimum atomic E-state index is -0.729. The fraction of sp³-hybridized carbons (Fsp3) is 0.0714. The molecule has 2 aromatic carbocycles.